The quantitative estimate of drug-likeness (QED) is 0.595. The first kappa shape index (κ1) is 11.6. The predicted octanol–water partition coefficient (Wildman–Crippen LogP) is 0.533. The first-order valence-corrected chi connectivity index (χ1v) is 5.19. The first-order valence-electron chi connectivity index (χ1n) is 3.97. The Morgan fingerprint density at radius 3 is 2.17 bits per heavy atom. The Labute approximate surface area is 75.3 Å². The highest BCUT2D eigenvalue weighted by molar-refractivity contribution is 6.36. The van der Waals surface area contributed by atoms with E-state index in [9.17, 15) is 0 Å². The lowest BCUT2D eigenvalue weighted by Gasteiger charge is -2.10. The fraction of sp³-hybridized carbons (Fsp3) is 0.714. The molecule has 0 aromatic carbocycles. The van der Waals surface area contributed by atoms with E-state index in [-0.39, 0.29) is 0 Å². The molecule has 71 valence electrons. The van der Waals surface area contributed by atoms with Gasteiger partial charge in [0, 0.05) is 13.2 Å². The number of nitrogens with two attached hydrogens (primary N) is 1. The second-order valence-corrected chi connectivity index (χ2v) is 3.22. The fourth-order valence-corrected chi connectivity index (χ4v) is 1.49. The summed E-state index contributed by atoms with van der Waals surface area (Å²) in [5.74, 6) is 0. The maximum absolute atomic E-state index is 5.25. The van der Waals surface area contributed by atoms with Gasteiger partial charge in [-0.3, -0.25) is 0 Å². The molecular formula is C7H16NO3Si. The van der Waals surface area contributed by atoms with Gasteiger partial charge in [-0.15, -0.1) is 0 Å². The molecule has 2 N–H and O–H groups in total. The third kappa shape index (κ3) is 6.35. The van der Waals surface area contributed by atoms with Gasteiger partial charge in [0.15, 0.2) is 0 Å². The Morgan fingerprint density at radius 1 is 1.17 bits per heavy atom. The molecule has 12 heavy (non-hydrogen) atoms. The van der Waals surface area contributed by atoms with Crippen molar-refractivity contribution in [3.63, 3.8) is 0 Å². The van der Waals surface area contributed by atoms with Crippen LogP contribution in [0.5, 0.6) is 0 Å². The van der Waals surface area contributed by atoms with E-state index in [1.165, 1.54) is 6.20 Å². The minimum absolute atomic E-state index is 0.449. The van der Waals surface area contributed by atoms with Crippen LogP contribution in [0.3, 0.4) is 0 Å². The van der Waals surface area contributed by atoms with Crippen molar-refractivity contribution in [2.45, 2.75) is 13.8 Å². The average Bonchev–Trinajstić information content (AvgIpc) is 2.06. The molecule has 0 heterocycles. The highest BCUT2D eigenvalue weighted by atomic mass is 28.3. The molecule has 0 saturated heterocycles. The van der Waals surface area contributed by atoms with Crippen LogP contribution in [0.1, 0.15) is 13.8 Å². The van der Waals surface area contributed by atoms with Crippen molar-refractivity contribution in [2.75, 3.05) is 19.8 Å². The Hall–Kier alpha value is -0.363. The summed E-state index contributed by atoms with van der Waals surface area (Å²) in [4.78, 5) is 0. The van der Waals surface area contributed by atoms with Gasteiger partial charge in [0.25, 0.3) is 0 Å². The minimum atomic E-state index is -1.53. The van der Waals surface area contributed by atoms with E-state index in [0.717, 1.165) is 0 Å². The van der Waals surface area contributed by atoms with Crippen LogP contribution in [-0.2, 0) is 13.3 Å². The maximum Gasteiger partial charge on any atom is 0.578 e. The Kier molecular flexibility index (Phi) is 8.47. The molecule has 0 aliphatic carbocycles. The molecule has 0 rings (SSSR count). The van der Waals surface area contributed by atoms with E-state index < -0.39 is 9.53 Å². The van der Waals surface area contributed by atoms with Crippen LogP contribution in [0.15, 0.2) is 12.3 Å². The fourth-order valence-electron chi connectivity index (χ4n) is 0.532. The lowest BCUT2D eigenvalue weighted by Crippen LogP contribution is -2.27. The van der Waals surface area contributed by atoms with Crippen LogP contribution < -0.4 is 5.73 Å². The van der Waals surface area contributed by atoms with Gasteiger partial charge in [-0.2, -0.15) is 0 Å². The van der Waals surface area contributed by atoms with Gasteiger partial charge in [0.2, 0.25) is 0 Å². The van der Waals surface area contributed by atoms with Crippen LogP contribution >= 0.6 is 0 Å². The zero-order chi connectivity index (χ0) is 9.23. The van der Waals surface area contributed by atoms with Crippen LogP contribution in [0.2, 0.25) is 0 Å². The SMILES string of the molecule is CCO[Si](OCC)OCC=CN. The van der Waals surface area contributed by atoms with Crippen molar-refractivity contribution in [1.29, 1.82) is 0 Å². The standard InChI is InChI=1S/C7H16NO3Si/c1-3-9-12(10-4-2)11-7-5-6-8/h5-6H,3-4,7-8H2,1-2H3. The summed E-state index contributed by atoms with van der Waals surface area (Å²) in [5.41, 5.74) is 5.13. The smallest absolute Gasteiger partial charge is 0.405 e. The molecule has 4 nitrogen and oxygen atoms in total. The van der Waals surface area contributed by atoms with Crippen molar-refractivity contribution in [3.05, 3.63) is 12.3 Å². The molecule has 0 spiro atoms. The zero-order valence-electron chi connectivity index (χ0n) is 7.58. The normalized spacial score (nSPS) is 11.6. The first-order chi connectivity index (χ1) is 5.85. The van der Waals surface area contributed by atoms with E-state index >= 15 is 0 Å². The largest absolute Gasteiger partial charge is 0.578 e. The summed E-state index contributed by atoms with van der Waals surface area (Å²) in [6.07, 6.45) is 3.15. The molecule has 0 aliphatic heterocycles. The molecule has 0 amide bonds. The molecule has 0 fully saturated rings. The Bertz CT molecular complexity index is 115. The molecule has 0 aromatic heterocycles. The summed E-state index contributed by atoms with van der Waals surface area (Å²) < 4.78 is 15.7. The van der Waals surface area contributed by atoms with Crippen LogP contribution in [0.25, 0.3) is 0 Å². The van der Waals surface area contributed by atoms with E-state index in [4.69, 9.17) is 19.0 Å². The predicted molar refractivity (Wildman–Crippen MR) is 48.3 cm³/mol. The molecule has 0 aliphatic rings. The average molecular weight is 190 g/mol. The van der Waals surface area contributed by atoms with E-state index in [1.807, 2.05) is 13.8 Å². The molecule has 0 unspecified atom stereocenters. The van der Waals surface area contributed by atoms with Crippen molar-refractivity contribution >= 4 is 9.53 Å². The molecule has 0 saturated carbocycles. The van der Waals surface area contributed by atoms with Crippen molar-refractivity contribution in [1.82, 2.24) is 0 Å². The molecule has 1 radical (unpaired) electrons. The summed E-state index contributed by atoms with van der Waals surface area (Å²) >= 11 is 0. The molecular weight excluding hydrogens is 174 g/mol. The van der Waals surface area contributed by atoms with Gasteiger partial charge in [-0.1, -0.05) is 0 Å². The number of hydrogen-bond donors (Lipinski definition) is 1. The Morgan fingerprint density at radius 2 is 1.75 bits per heavy atom. The van der Waals surface area contributed by atoms with Crippen molar-refractivity contribution < 1.29 is 13.3 Å². The van der Waals surface area contributed by atoms with Gasteiger partial charge < -0.3 is 19.0 Å². The lowest BCUT2D eigenvalue weighted by atomic mass is 10.7. The summed E-state index contributed by atoms with van der Waals surface area (Å²) in [6, 6.07) is 0. The Balaban J connectivity index is 3.47. The van der Waals surface area contributed by atoms with E-state index in [1.54, 1.807) is 6.08 Å². The molecule has 0 aromatic rings. The third-order valence-corrected chi connectivity index (χ3v) is 2.41. The zero-order valence-corrected chi connectivity index (χ0v) is 8.58. The second-order valence-electron chi connectivity index (χ2n) is 1.86. The van der Waals surface area contributed by atoms with E-state index in [2.05, 4.69) is 0 Å². The van der Waals surface area contributed by atoms with Gasteiger partial charge in [-0.25, -0.2) is 0 Å². The van der Waals surface area contributed by atoms with Gasteiger partial charge in [0.1, 0.15) is 0 Å². The molecule has 0 atom stereocenters. The summed E-state index contributed by atoms with van der Waals surface area (Å²) in [5, 5.41) is 0. The van der Waals surface area contributed by atoms with Crippen molar-refractivity contribution in [3.8, 4) is 0 Å². The monoisotopic (exact) mass is 190 g/mol. The topological polar surface area (TPSA) is 53.7 Å². The maximum atomic E-state index is 5.25. The van der Waals surface area contributed by atoms with Crippen molar-refractivity contribution in [2.24, 2.45) is 5.73 Å². The van der Waals surface area contributed by atoms with Gasteiger partial charge >= 0.3 is 9.53 Å². The highest BCUT2D eigenvalue weighted by Crippen LogP contribution is 1.92. The van der Waals surface area contributed by atoms with Crippen LogP contribution in [0.4, 0.5) is 0 Å². The summed E-state index contributed by atoms with van der Waals surface area (Å²) in [7, 11) is -1.53. The second kappa shape index (κ2) is 8.73. The van der Waals surface area contributed by atoms with Crippen LogP contribution in [-0.4, -0.2) is 29.3 Å². The molecule has 0 bridgehead atoms. The molecule has 5 heteroatoms. The number of hydrogen-bond acceptors (Lipinski definition) is 4. The summed E-state index contributed by atoms with van der Waals surface area (Å²) in [6.45, 7) is 5.49. The van der Waals surface area contributed by atoms with Gasteiger partial charge in [0.05, 0.1) is 6.61 Å². The highest BCUT2D eigenvalue weighted by Gasteiger charge is 2.16. The van der Waals surface area contributed by atoms with Crippen LogP contribution in [0, 0.1) is 0 Å². The lowest BCUT2D eigenvalue weighted by molar-refractivity contribution is 0.112. The third-order valence-electron chi connectivity index (χ3n) is 0.958. The van der Waals surface area contributed by atoms with Gasteiger partial charge in [-0.05, 0) is 26.1 Å². The minimum Gasteiger partial charge on any atom is -0.405 e. The van der Waals surface area contributed by atoms with E-state index in [0.29, 0.717) is 19.8 Å². The number of rotatable bonds is 7.